The van der Waals surface area contributed by atoms with Crippen LogP contribution in [0.2, 0.25) is 0 Å². The molecule has 1 fully saturated rings. The first-order chi connectivity index (χ1) is 9.11. The van der Waals surface area contributed by atoms with E-state index in [1.807, 2.05) is 0 Å². The number of hydrogen-bond donors (Lipinski definition) is 2. The Kier molecular flexibility index (Phi) is 2.48. The Morgan fingerprint density at radius 2 is 2.16 bits per heavy atom. The number of aliphatic carboxylic acids is 1. The zero-order chi connectivity index (χ0) is 13.5. The van der Waals surface area contributed by atoms with Crippen molar-refractivity contribution in [2.24, 2.45) is 0 Å². The summed E-state index contributed by atoms with van der Waals surface area (Å²) in [6, 6.07) is 3.27. The van der Waals surface area contributed by atoms with Gasteiger partial charge in [-0.3, -0.25) is 9.20 Å². The molecule has 0 spiro atoms. The van der Waals surface area contributed by atoms with Gasteiger partial charge in [0.25, 0.3) is 5.91 Å². The Balaban J connectivity index is 1.85. The Bertz CT molecular complexity index is 660. The number of carbonyl (C=O) groups excluding carboxylic acids is 1. The fraction of sp³-hybridized carbons (Fsp3) is 0.333. The van der Waals surface area contributed by atoms with Crippen molar-refractivity contribution >= 4 is 17.5 Å². The van der Waals surface area contributed by atoms with E-state index in [0.717, 1.165) is 6.42 Å². The highest BCUT2D eigenvalue weighted by molar-refractivity contribution is 5.98. The highest BCUT2D eigenvalue weighted by Gasteiger charge is 2.45. The van der Waals surface area contributed by atoms with Gasteiger partial charge in [-0.25, -0.2) is 4.79 Å². The minimum absolute atomic E-state index is 0.389. The molecule has 0 unspecified atom stereocenters. The number of pyridine rings is 1. The molecule has 0 bridgehead atoms. The molecule has 1 saturated carbocycles. The third-order valence-corrected chi connectivity index (χ3v) is 3.52. The average molecular weight is 260 g/mol. The van der Waals surface area contributed by atoms with Crippen molar-refractivity contribution in [3.05, 3.63) is 30.2 Å². The standard InChI is InChI=1S/C12H12N4O3/c17-10(14-12(11(18)19)4-1-5-12)8-2-3-9-15-13-7-16(9)6-8/h2-3,6-7H,1,4-5H2,(H,14,17)(H,18,19). The van der Waals surface area contributed by atoms with Crippen molar-refractivity contribution in [1.29, 1.82) is 0 Å². The van der Waals surface area contributed by atoms with Crippen molar-refractivity contribution in [2.45, 2.75) is 24.8 Å². The van der Waals surface area contributed by atoms with Crippen LogP contribution < -0.4 is 5.32 Å². The summed E-state index contributed by atoms with van der Waals surface area (Å²) in [4.78, 5) is 23.3. The number of hydrogen-bond acceptors (Lipinski definition) is 4. The number of nitrogens with one attached hydrogen (secondary N) is 1. The van der Waals surface area contributed by atoms with Gasteiger partial charge in [-0.05, 0) is 31.4 Å². The van der Waals surface area contributed by atoms with E-state index in [-0.39, 0.29) is 0 Å². The predicted octanol–water partition coefficient (Wildman–Crippen LogP) is 0.466. The minimum Gasteiger partial charge on any atom is -0.480 e. The van der Waals surface area contributed by atoms with Crippen LogP contribution in [0.5, 0.6) is 0 Å². The second-order valence-corrected chi connectivity index (χ2v) is 4.71. The molecule has 2 N–H and O–H groups in total. The van der Waals surface area contributed by atoms with E-state index in [1.165, 1.54) is 6.33 Å². The zero-order valence-corrected chi connectivity index (χ0v) is 10.0. The van der Waals surface area contributed by atoms with E-state index in [2.05, 4.69) is 15.5 Å². The van der Waals surface area contributed by atoms with Crippen molar-refractivity contribution < 1.29 is 14.7 Å². The minimum atomic E-state index is -1.10. The summed E-state index contributed by atoms with van der Waals surface area (Å²) in [6.45, 7) is 0. The molecule has 3 rings (SSSR count). The molecular weight excluding hydrogens is 248 g/mol. The summed E-state index contributed by atoms with van der Waals surface area (Å²) in [5, 5.41) is 19.3. The van der Waals surface area contributed by atoms with Crippen LogP contribution in [0.3, 0.4) is 0 Å². The van der Waals surface area contributed by atoms with E-state index in [9.17, 15) is 14.7 Å². The van der Waals surface area contributed by atoms with Gasteiger partial charge in [0, 0.05) is 6.20 Å². The maximum absolute atomic E-state index is 12.1. The van der Waals surface area contributed by atoms with Crippen LogP contribution in [0, 0.1) is 0 Å². The molecule has 2 aromatic rings. The van der Waals surface area contributed by atoms with Crippen molar-refractivity contribution in [3.8, 4) is 0 Å². The van der Waals surface area contributed by atoms with E-state index in [1.54, 1.807) is 22.7 Å². The van der Waals surface area contributed by atoms with Gasteiger partial charge in [0.15, 0.2) is 5.65 Å². The predicted molar refractivity (Wildman–Crippen MR) is 64.7 cm³/mol. The summed E-state index contributed by atoms with van der Waals surface area (Å²) in [5.74, 6) is -1.37. The van der Waals surface area contributed by atoms with Crippen LogP contribution in [0.4, 0.5) is 0 Å². The Labute approximate surface area is 108 Å². The molecule has 1 amide bonds. The second-order valence-electron chi connectivity index (χ2n) is 4.71. The molecule has 7 nitrogen and oxygen atoms in total. The zero-order valence-electron chi connectivity index (χ0n) is 10.0. The second kappa shape index (κ2) is 4.04. The molecule has 7 heteroatoms. The number of amides is 1. The van der Waals surface area contributed by atoms with Crippen LogP contribution in [-0.2, 0) is 4.79 Å². The van der Waals surface area contributed by atoms with Gasteiger partial charge in [0.05, 0.1) is 5.56 Å². The smallest absolute Gasteiger partial charge is 0.329 e. The third kappa shape index (κ3) is 1.83. The SMILES string of the molecule is O=C(NC1(C(=O)O)CCC1)c1ccc2nncn2c1. The third-order valence-electron chi connectivity index (χ3n) is 3.52. The van der Waals surface area contributed by atoms with Gasteiger partial charge in [-0.2, -0.15) is 0 Å². The summed E-state index contributed by atoms with van der Waals surface area (Å²) >= 11 is 0. The first-order valence-electron chi connectivity index (χ1n) is 5.96. The van der Waals surface area contributed by atoms with Gasteiger partial charge >= 0.3 is 5.97 Å². The number of nitrogens with zero attached hydrogens (tertiary/aromatic N) is 3. The van der Waals surface area contributed by atoms with Gasteiger partial charge in [0.2, 0.25) is 0 Å². The summed E-state index contributed by atoms with van der Waals surface area (Å²) in [6.07, 6.45) is 4.84. The monoisotopic (exact) mass is 260 g/mol. The van der Waals surface area contributed by atoms with Crippen LogP contribution in [0.15, 0.2) is 24.7 Å². The van der Waals surface area contributed by atoms with Gasteiger partial charge in [-0.15, -0.1) is 10.2 Å². The fourth-order valence-corrected chi connectivity index (χ4v) is 2.17. The molecule has 0 saturated heterocycles. The van der Waals surface area contributed by atoms with E-state index >= 15 is 0 Å². The number of fused-ring (bicyclic) bond motifs is 1. The molecule has 1 aliphatic rings. The number of rotatable bonds is 3. The quantitative estimate of drug-likeness (QED) is 0.836. The normalized spacial score (nSPS) is 16.8. The molecule has 0 aromatic carbocycles. The van der Waals surface area contributed by atoms with Crippen molar-refractivity contribution in [2.75, 3.05) is 0 Å². The molecule has 19 heavy (non-hydrogen) atoms. The Morgan fingerprint density at radius 1 is 1.37 bits per heavy atom. The first kappa shape index (κ1) is 11.6. The van der Waals surface area contributed by atoms with Crippen LogP contribution in [0.25, 0.3) is 5.65 Å². The van der Waals surface area contributed by atoms with E-state index < -0.39 is 17.4 Å². The van der Waals surface area contributed by atoms with E-state index in [4.69, 9.17) is 0 Å². The number of aromatic nitrogens is 3. The van der Waals surface area contributed by atoms with Crippen molar-refractivity contribution in [3.63, 3.8) is 0 Å². The average Bonchev–Trinajstić information content (AvgIpc) is 2.79. The maximum atomic E-state index is 12.1. The molecule has 1 aliphatic carbocycles. The maximum Gasteiger partial charge on any atom is 0.329 e. The molecule has 0 aliphatic heterocycles. The highest BCUT2D eigenvalue weighted by atomic mass is 16.4. The lowest BCUT2D eigenvalue weighted by Gasteiger charge is -2.38. The molecule has 0 atom stereocenters. The summed E-state index contributed by atoms with van der Waals surface area (Å²) in [5.41, 5.74) is -0.0767. The van der Waals surface area contributed by atoms with Gasteiger partial charge in [0.1, 0.15) is 11.9 Å². The topological polar surface area (TPSA) is 96.6 Å². The molecule has 2 heterocycles. The fourth-order valence-electron chi connectivity index (χ4n) is 2.17. The van der Waals surface area contributed by atoms with E-state index in [0.29, 0.717) is 24.1 Å². The Hall–Kier alpha value is -2.44. The Morgan fingerprint density at radius 3 is 2.79 bits per heavy atom. The summed E-state index contributed by atoms with van der Waals surface area (Å²) in [7, 11) is 0. The highest BCUT2D eigenvalue weighted by Crippen LogP contribution is 2.32. The lowest BCUT2D eigenvalue weighted by Crippen LogP contribution is -2.59. The number of carboxylic acid groups (broad SMARTS) is 1. The van der Waals surface area contributed by atoms with Crippen molar-refractivity contribution in [1.82, 2.24) is 19.9 Å². The van der Waals surface area contributed by atoms with Crippen LogP contribution >= 0.6 is 0 Å². The molecule has 98 valence electrons. The number of carbonyl (C=O) groups is 2. The molecule has 0 radical (unpaired) electrons. The van der Waals surface area contributed by atoms with Crippen LogP contribution in [-0.4, -0.2) is 37.1 Å². The lowest BCUT2D eigenvalue weighted by molar-refractivity contribution is -0.148. The summed E-state index contributed by atoms with van der Waals surface area (Å²) < 4.78 is 1.61. The van der Waals surface area contributed by atoms with Gasteiger partial charge in [-0.1, -0.05) is 0 Å². The van der Waals surface area contributed by atoms with Gasteiger partial charge < -0.3 is 10.4 Å². The molecule has 2 aromatic heterocycles. The largest absolute Gasteiger partial charge is 0.480 e. The lowest BCUT2D eigenvalue weighted by atomic mass is 9.76. The van der Waals surface area contributed by atoms with Crippen LogP contribution in [0.1, 0.15) is 29.6 Å². The molecular formula is C12H12N4O3. The first-order valence-corrected chi connectivity index (χ1v) is 5.96. The number of carboxylic acids is 1.